The van der Waals surface area contributed by atoms with Crippen LogP contribution in [-0.2, 0) is 24.0 Å². The Labute approximate surface area is 167 Å². The van der Waals surface area contributed by atoms with Crippen LogP contribution in [0.4, 0.5) is 0 Å². The lowest BCUT2D eigenvalue weighted by Crippen LogP contribution is -2.34. The van der Waals surface area contributed by atoms with Crippen LogP contribution >= 0.6 is 0 Å². The summed E-state index contributed by atoms with van der Waals surface area (Å²) in [5.74, 6) is -5.04. The van der Waals surface area contributed by atoms with Gasteiger partial charge in [-0.3, -0.25) is 24.0 Å². The van der Waals surface area contributed by atoms with Crippen molar-refractivity contribution < 1.29 is 49.5 Å². The fourth-order valence-electron chi connectivity index (χ4n) is 0.688. The molecular formula is C15H32N4O10. The van der Waals surface area contributed by atoms with Crippen molar-refractivity contribution in [2.24, 2.45) is 28.9 Å². The number of nitrogens with two attached hydrogens (primary N) is 4. The second kappa shape index (κ2) is 19.9. The van der Waals surface area contributed by atoms with Crippen molar-refractivity contribution in [3.8, 4) is 0 Å². The summed E-state index contributed by atoms with van der Waals surface area (Å²) < 4.78 is 0. The third-order valence-electron chi connectivity index (χ3n) is 2.55. The summed E-state index contributed by atoms with van der Waals surface area (Å²) in [5.41, 5.74) is 19.6. The first-order valence-corrected chi connectivity index (χ1v) is 8.09. The van der Waals surface area contributed by atoms with Crippen molar-refractivity contribution in [1.82, 2.24) is 0 Å². The lowest BCUT2D eigenvalue weighted by molar-refractivity contribution is -0.141. The molecule has 14 nitrogen and oxygen atoms in total. The Hall–Kier alpha value is -2.81. The maximum Gasteiger partial charge on any atom is 0.320 e. The number of rotatable bonds is 8. The van der Waals surface area contributed by atoms with Gasteiger partial charge in [-0.25, -0.2) is 0 Å². The standard InChI is InChI=1S/C5H9NO4.C5H11NO2.C3H7NO2.C2H5NO2/c6-3(5(9)10)1-2-4(7)8;1-3(2)4(6)5(7)8;1-2(4)3(5)6;3-1-2(4)5/h3H,1-2,6H2,(H,7,8)(H,9,10);3-4H,6H2,1-2H3,(H,7,8);2H,4H2,1H3,(H,5,6);1,3H2,(H,4,5). The minimum atomic E-state index is -1.17. The minimum Gasteiger partial charge on any atom is -0.481 e. The van der Waals surface area contributed by atoms with Crippen molar-refractivity contribution in [2.75, 3.05) is 6.54 Å². The number of carbonyl (C=O) groups is 5. The van der Waals surface area contributed by atoms with Crippen LogP contribution in [0.2, 0.25) is 0 Å². The first-order chi connectivity index (χ1) is 13.0. The van der Waals surface area contributed by atoms with Crippen LogP contribution in [0.1, 0.15) is 33.6 Å². The molecule has 14 heteroatoms. The molecule has 0 heterocycles. The van der Waals surface area contributed by atoms with Crippen LogP contribution in [0.15, 0.2) is 0 Å². The van der Waals surface area contributed by atoms with E-state index >= 15 is 0 Å². The summed E-state index contributed by atoms with van der Waals surface area (Å²) in [7, 11) is 0. The van der Waals surface area contributed by atoms with Crippen LogP contribution in [0.5, 0.6) is 0 Å². The largest absolute Gasteiger partial charge is 0.481 e. The predicted octanol–water partition coefficient (Wildman–Crippen LogP) is -2.23. The van der Waals surface area contributed by atoms with E-state index in [0.717, 1.165) is 0 Å². The molecule has 172 valence electrons. The molecule has 0 spiro atoms. The van der Waals surface area contributed by atoms with E-state index in [1.165, 1.54) is 6.92 Å². The molecule has 3 atom stereocenters. The summed E-state index contributed by atoms with van der Waals surface area (Å²) in [6, 6.07) is -2.50. The van der Waals surface area contributed by atoms with Crippen LogP contribution in [0.25, 0.3) is 0 Å². The molecule has 29 heavy (non-hydrogen) atoms. The van der Waals surface area contributed by atoms with Gasteiger partial charge in [0.05, 0.1) is 6.54 Å². The van der Waals surface area contributed by atoms with E-state index in [1.807, 2.05) is 0 Å². The molecule has 0 aliphatic carbocycles. The van der Waals surface area contributed by atoms with Gasteiger partial charge in [0, 0.05) is 6.42 Å². The van der Waals surface area contributed by atoms with Crippen molar-refractivity contribution in [2.45, 2.75) is 51.7 Å². The second-order valence-electron chi connectivity index (χ2n) is 5.71. The Morgan fingerprint density at radius 1 is 0.724 bits per heavy atom. The number of aliphatic carboxylic acids is 5. The number of carboxylic acid groups (broad SMARTS) is 5. The van der Waals surface area contributed by atoms with E-state index in [4.69, 9.17) is 42.7 Å². The lowest BCUT2D eigenvalue weighted by atomic mass is 10.1. The molecule has 0 aromatic heterocycles. The van der Waals surface area contributed by atoms with Crippen molar-refractivity contribution in [1.29, 1.82) is 0 Å². The Balaban J connectivity index is -0.000000149. The van der Waals surface area contributed by atoms with Gasteiger partial charge in [0.15, 0.2) is 0 Å². The molecule has 0 radical (unpaired) electrons. The molecule has 0 aliphatic rings. The minimum absolute atomic E-state index is 0.0208. The smallest absolute Gasteiger partial charge is 0.320 e. The molecule has 0 amide bonds. The van der Waals surface area contributed by atoms with Gasteiger partial charge in [0.25, 0.3) is 0 Å². The van der Waals surface area contributed by atoms with Gasteiger partial charge < -0.3 is 48.5 Å². The first kappa shape index (κ1) is 33.8. The average Bonchev–Trinajstić information content (AvgIpc) is 2.59. The summed E-state index contributed by atoms with van der Waals surface area (Å²) in [4.78, 5) is 48.7. The predicted molar refractivity (Wildman–Crippen MR) is 101 cm³/mol. The van der Waals surface area contributed by atoms with Gasteiger partial charge in [-0.2, -0.15) is 0 Å². The molecule has 0 bridgehead atoms. The van der Waals surface area contributed by atoms with Gasteiger partial charge in [0.1, 0.15) is 18.1 Å². The molecule has 0 rings (SSSR count). The maximum atomic E-state index is 10.0. The van der Waals surface area contributed by atoms with Crippen LogP contribution in [-0.4, -0.2) is 80.0 Å². The molecule has 0 fully saturated rings. The fourth-order valence-corrected chi connectivity index (χ4v) is 0.688. The average molecular weight is 428 g/mol. The van der Waals surface area contributed by atoms with Gasteiger partial charge >= 0.3 is 29.8 Å². The van der Waals surface area contributed by atoms with E-state index in [2.05, 4.69) is 5.73 Å². The SMILES string of the molecule is CC(C)C(N)C(=O)O.CC(N)C(=O)O.NC(CCC(=O)O)C(=O)O.NCC(=O)O. The molecule has 0 aliphatic heterocycles. The summed E-state index contributed by atoms with van der Waals surface area (Å²) in [5, 5.41) is 40.0. The molecule has 0 aromatic carbocycles. The monoisotopic (exact) mass is 428 g/mol. The summed E-state index contributed by atoms with van der Waals surface area (Å²) in [6.07, 6.45) is -0.224. The normalized spacial score (nSPS) is 12.3. The van der Waals surface area contributed by atoms with Gasteiger partial charge in [0.2, 0.25) is 0 Å². The molecular weight excluding hydrogens is 396 g/mol. The van der Waals surface area contributed by atoms with Crippen LogP contribution < -0.4 is 22.9 Å². The quantitative estimate of drug-likeness (QED) is 0.197. The highest BCUT2D eigenvalue weighted by Gasteiger charge is 2.14. The van der Waals surface area contributed by atoms with Crippen LogP contribution in [0.3, 0.4) is 0 Å². The fraction of sp³-hybridized carbons (Fsp3) is 0.667. The summed E-state index contributed by atoms with van der Waals surface area (Å²) in [6.45, 7) is 4.69. The Morgan fingerprint density at radius 3 is 1.17 bits per heavy atom. The van der Waals surface area contributed by atoms with E-state index < -0.39 is 48.0 Å². The molecule has 0 aromatic rings. The lowest BCUT2D eigenvalue weighted by Gasteiger charge is -2.07. The third kappa shape index (κ3) is 33.2. The highest BCUT2D eigenvalue weighted by molar-refractivity contribution is 5.74. The highest BCUT2D eigenvalue weighted by Crippen LogP contribution is 1.96. The summed E-state index contributed by atoms with van der Waals surface area (Å²) >= 11 is 0. The number of hydrogen-bond acceptors (Lipinski definition) is 9. The first-order valence-electron chi connectivity index (χ1n) is 8.09. The maximum absolute atomic E-state index is 10.0. The zero-order valence-corrected chi connectivity index (χ0v) is 16.5. The van der Waals surface area contributed by atoms with Crippen molar-refractivity contribution >= 4 is 29.8 Å². The highest BCUT2D eigenvalue weighted by atomic mass is 16.4. The number of carboxylic acids is 5. The van der Waals surface area contributed by atoms with E-state index in [9.17, 15) is 24.0 Å². The van der Waals surface area contributed by atoms with Crippen LogP contribution in [0, 0.1) is 5.92 Å². The number of hydrogen-bond donors (Lipinski definition) is 9. The molecule has 0 saturated carbocycles. The van der Waals surface area contributed by atoms with Gasteiger partial charge in [-0.15, -0.1) is 0 Å². The topological polar surface area (TPSA) is 291 Å². The second-order valence-corrected chi connectivity index (χ2v) is 5.71. The zero-order chi connectivity index (χ0) is 24.3. The van der Waals surface area contributed by atoms with Gasteiger partial charge in [-0.1, -0.05) is 13.8 Å². The third-order valence-corrected chi connectivity index (χ3v) is 2.55. The van der Waals surface area contributed by atoms with Gasteiger partial charge in [-0.05, 0) is 19.3 Å². The Kier molecular flexibility index (Phi) is 23.2. The Morgan fingerprint density at radius 2 is 1.07 bits per heavy atom. The Bertz CT molecular complexity index is 511. The van der Waals surface area contributed by atoms with E-state index in [1.54, 1.807) is 13.8 Å². The molecule has 13 N–H and O–H groups in total. The zero-order valence-electron chi connectivity index (χ0n) is 16.5. The van der Waals surface area contributed by atoms with E-state index in [0.29, 0.717) is 0 Å². The van der Waals surface area contributed by atoms with E-state index in [-0.39, 0.29) is 25.3 Å². The molecule has 3 unspecified atom stereocenters. The molecule has 0 saturated heterocycles. The van der Waals surface area contributed by atoms with Crippen molar-refractivity contribution in [3.63, 3.8) is 0 Å². The van der Waals surface area contributed by atoms with Crippen molar-refractivity contribution in [3.05, 3.63) is 0 Å².